The third kappa shape index (κ3) is 7.00. The average molecular weight is 502 g/mol. The van der Waals surface area contributed by atoms with E-state index in [0.29, 0.717) is 29.0 Å². The molecule has 6 nitrogen and oxygen atoms in total. The number of unbranched alkanes of at least 4 members (excludes halogenated alkanes) is 3. The van der Waals surface area contributed by atoms with Crippen LogP contribution in [0.25, 0.3) is 0 Å². The van der Waals surface area contributed by atoms with E-state index in [1.54, 1.807) is 12.1 Å². The number of amides is 2. The number of benzene rings is 2. The average Bonchev–Trinajstić information content (AvgIpc) is 3.09. The summed E-state index contributed by atoms with van der Waals surface area (Å²) in [6, 6.07) is 12.8. The molecule has 1 aliphatic heterocycles. The molecule has 2 amide bonds. The lowest BCUT2D eigenvalue weighted by Gasteiger charge is -2.16. The van der Waals surface area contributed by atoms with Gasteiger partial charge in [0.25, 0.3) is 0 Å². The fourth-order valence-corrected chi connectivity index (χ4v) is 4.82. The molecule has 1 unspecified atom stereocenters. The molecule has 1 N–H and O–H groups in total. The number of anilines is 2. The summed E-state index contributed by atoms with van der Waals surface area (Å²) in [5.41, 5.74) is 2.33. The Morgan fingerprint density at radius 3 is 2.59 bits per heavy atom. The molecule has 0 aliphatic carbocycles. The van der Waals surface area contributed by atoms with Gasteiger partial charge in [0.05, 0.1) is 12.3 Å². The van der Waals surface area contributed by atoms with Gasteiger partial charge < -0.3 is 10.1 Å². The molecule has 0 bridgehead atoms. The molecule has 1 fully saturated rings. The predicted octanol–water partition coefficient (Wildman–Crippen LogP) is 6.46. The van der Waals surface area contributed by atoms with Crippen molar-refractivity contribution in [1.82, 2.24) is 0 Å². The number of amidine groups is 1. The van der Waals surface area contributed by atoms with Crippen molar-refractivity contribution in [3.8, 4) is 5.75 Å². The maximum atomic E-state index is 13.1. The Kier molecular flexibility index (Phi) is 9.84. The van der Waals surface area contributed by atoms with E-state index in [2.05, 4.69) is 17.2 Å². The third-order valence-corrected chi connectivity index (χ3v) is 6.96. The predicted molar refractivity (Wildman–Crippen MR) is 142 cm³/mol. The normalized spacial score (nSPS) is 16.3. The maximum absolute atomic E-state index is 13.1. The van der Waals surface area contributed by atoms with Crippen LogP contribution < -0.4 is 15.0 Å². The summed E-state index contributed by atoms with van der Waals surface area (Å²) in [6.07, 6.45) is 4.69. The van der Waals surface area contributed by atoms with Gasteiger partial charge in [-0.25, -0.2) is 4.90 Å². The lowest BCUT2D eigenvalue weighted by Crippen LogP contribution is -2.31. The number of carbonyl (C=O) groups is 2. The van der Waals surface area contributed by atoms with Crippen LogP contribution in [-0.2, 0) is 9.59 Å². The number of nitrogens with zero attached hydrogens (tertiary/aromatic N) is 2. The Hall–Kier alpha value is -2.51. The number of ether oxygens (including phenoxy) is 1. The van der Waals surface area contributed by atoms with Gasteiger partial charge in [-0.15, -0.1) is 0 Å². The first-order valence-electron chi connectivity index (χ1n) is 11.8. The van der Waals surface area contributed by atoms with Gasteiger partial charge in [0, 0.05) is 23.7 Å². The van der Waals surface area contributed by atoms with Crippen molar-refractivity contribution >= 4 is 51.7 Å². The molecule has 1 saturated heterocycles. The Bertz CT molecular complexity index is 1030. The molecule has 8 heteroatoms. The molecule has 2 aromatic carbocycles. The van der Waals surface area contributed by atoms with E-state index in [9.17, 15) is 9.59 Å². The minimum atomic E-state index is -0.541. The van der Waals surface area contributed by atoms with Gasteiger partial charge in [-0.2, -0.15) is 0 Å². The van der Waals surface area contributed by atoms with Crippen LogP contribution in [0.2, 0.25) is 5.02 Å². The zero-order valence-electron chi connectivity index (χ0n) is 20.0. The van der Waals surface area contributed by atoms with Crippen molar-refractivity contribution in [3.05, 3.63) is 53.1 Å². The summed E-state index contributed by atoms with van der Waals surface area (Å²) in [7, 11) is 0. The minimum absolute atomic E-state index is 0.123. The highest BCUT2D eigenvalue weighted by Crippen LogP contribution is 2.32. The summed E-state index contributed by atoms with van der Waals surface area (Å²) < 4.78 is 5.77. The summed E-state index contributed by atoms with van der Waals surface area (Å²) in [6.45, 7) is 7.25. The monoisotopic (exact) mass is 501 g/mol. The Morgan fingerprint density at radius 2 is 1.91 bits per heavy atom. The van der Waals surface area contributed by atoms with E-state index in [4.69, 9.17) is 16.3 Å². The van der Waals surface area contributed by atoms with Gasteiger partial charge in [0.15, 0.2) is 5.17 Å². The first-order chi connectivity index (χ1) is 16.4. The second-order valence-electron chi connectivity index (χ2n) is 8.15. The highest BCUT2D eigenvalue weighted by molar-refractivity contribution is 8.15. The van der Waals surface area contributed by atoms with E-state index < -0.39 is 5.25 Å². The van der Waals surface area contributed by atoms with Crippen molar-refractivity contribution in [3.63, 3.8) is 0 Å². The van der Waals surface area contributed by atoms with Crippen molar-refractivity contribution in [2.24, 2.45) is 4.99 Å². The summed E-state index contributed by atoms with van der Waals surface area (Å²) in [4.78, 5) is 31.6. The van der Waals surface area contributed by atoms with E-state index in [1.807, 2.05) is 44.2 Å². The van der Waals surface area contributed by atoms with Crippen LogP contribution >= 0.6 is 23.4 Å². The Morgan fingerprint density at radius 1 is 1.15 bits per heavy atom. The number of imide groups is 1. The van der Waals surface area contributed by atoms with Gasteiger partial charge >= 0.3 is 0 Å². The first kappa shape index (κ1) is 26.1. The molecular weight excluding hydrogens is 470 g/mol. The fourth-order valence-electron chi connectivity index (χ4n) is 3.56. The lowest BCUT2D eigenvalue weighted by molar-refractivity contribution is -0.121. The van der Waals surface area contributed by atoms with Crippen molar-refractivity contribution in [1.29, 1.82) is 0 Å². The number of hydrogen-bond donors (Lipinski definition) is 1. The number of rotatable bonds is 10. The van der Waals surface area contributed by atoms with Crippen LogP contribution in [-0.4, -0.2) is 35.4 Å². The first-order valence-corrected chi connectivity index (χ1v) is 13.0. The largest absolute Gasteiger partial charge is 0.494 e. The number of aryl methyl sites for hydroxylation is 1. The van der Waals surface area contributed by atoms with Gasteiger partial charge in [0.2, 0.25) is 11.8 Å². The third-order valence-electron chi connectivity index (χ3n) is 5.45. The number of thioether (sulfide) groups is 1. The highest BCUT2D eigenvalue weighted by atomic mass is 35.5. The molecule has 1 atom stereocenters. The number of aliphatic imine (C=N–C) groups is 1. The fraction of sp³-hybridized carbons (Fsp3) is 0.423. The van der Waals surface area contributed by atoms with Crippen LogP contribution in [0.1, 0.15) is 51.5 Å². The van der Waals surface area contributed by atoms with Crippen LogP contribution in [0.15, 0.2) is 47.5 Å². The molecule has 0 radical (unpaired) electrons. The van der Waals surface area contributed by atoms with Gasteiger partial charge in [-0.3, -0.25) is 14.6 Å². The van der Waals surface area contributed by atoms with Crippen molar-refractivity contribution in [2.45, 2.75) is 58.1 Å². The van der Waals surface area contributed by atoms with Gasteiger partial charge in [-0.1, -0.05) is 55.6 Å². The molecule has 1 heterocycles. The lowest BCUT2D eigenvalue weighted by atomic mass is 10.2. The van der Waals surface area contributed by atoms with Gasteiger partial charge in [-0.05, 0) is 62.2 Å². The van der Waals surface area contributed by atoms with E-state index >= 15 is 0 Å². The molecule has 0 spiro atoms. The zero-order valence-corrected chi connectivity index (χ0v) is 21.5. The number of hydrogen-bond acceptors (Lipinski definition) is 5. The summed E-state index contributed by atoms with van der Waals surface area (Å²) >= 11 is 7.50. The van der Waals surface area contributed by atoms with Crippen LogP contribution in [0.5, 0.6) is 5.75 Å². The number of nitrogens with one attached hydrogen (secondary N) is 1. The van der Waals surface area contributed by atoms with Crippen LogP contribution in [0.3, 0.4) is 0 Å². The molecule has 0 saturated carbocycles. The van der Waals surface area contributed by atoms with Crippen LogP contribution in [0.4, 0.5) is 11.4 Å². The topological polar surface area (TPSA) is 71.0 Å². The summed E-state index contributed by atoms with van der Waals surface area (Å²) in [5.74, 6) is 0.282. The van der Waals surface area contributed by atoms with Gasteiger partial charge in [0.1, 0.15) is 11.0 Å². The van der Waals surface area contributed by atoms with E-state index in [-0.39, 0.29) is 18.2 Å². The zero-order chi connectivity index (χ0) is 24.5. The second kappa shape index (κ2) is 12.8. The Balaban J connectivity index is 1.62. The maximum Gasteiger partial charge on any atom is 0.247 e. The van der Waals surface area contributed by atoms with Crippen molar-refractivity contribution < 1.29 is 14.3 Å². The molecule has 34 heavy (non-hydrogen) atoms. The standard InChI is InChI=1S/C26H32ClN3O3S/c1-4-6-7-8-15-33-21-13-11-20(12-14-21)30-24(31)17-23(25(30)32)34-26(28-5-2)29-19-10-9-18(3)22(27)16-19/h9-14,16,23H,4-8,15,17H2,1-3H3,(H,28,29). The molecule has 2 aromatic rings. The highest BCUT2D eigenvalue weighted by Gasteiger charge is 2.40. The van der Waals surface area contributed by atoms with Crippen LogP contribution in [0, 0.1) is 6.92 Å². The molecule has 0 aromatic heterocycles. The summed E-state index contributed by atoms with van der Waals surface area (Å²) in [5, 5.41) is 3.93. The van der Waals surface area contributed by atoms with E-state index in [0.717, 1.165) is 29.8 Å². The smallest absolute Gasteiger partial charge is 0.247 e. The van der Waals surface area contributed by atoms with E-state index in [1.165, 1.54) is 29.5 Å². The molecule has 3 rings (SSSR count). The number of carbonyl (C=O) groups excluding carboxylic acids is 2. The molecule has 1 aliphatic rings. The Labute approximate surface area is 211 Å². The number of halogens is 1. The second-order valence-corrected chi connectivity index (χ2v) is 9.75. The molecular formula is C26H32ClN3O3S. The SMILES string of the molecule is CCCCCCOc1ccc(N2C(=O)CC(SC(=NCC)Nc3ccc(C)c(Cl)c3)C2=O)cc1. The van der Waals surface area contributed by atoms with Crippen molar-refractivity contribution in [2.75, 3.05) is 23.4 Å². The molecule has 182 valence electrons. The minimum Gasteiger partial charge on any atom is -0.494 e. The quantitative estimate of drug-likeness (QED) is 0.175.